The monoisotopic (exact) mass is 250 g/mol. The van der Waals surface area contributed by atoms with E-state index in [4.69, 9.17) is 4.52 Å². The van der Waals surface area contributed by atoms with Gasteiger partial charge >= 0.3 is 0 Å². The van der Waals surface area contributed by atoms with Crippen molar-refractivity contribution < 1.29 is 9.32 Å². The lowest BCUT2D eigenvalue weighted by atomic mass is 9.83. The van der Waals surface area contributed by atoms with Gasteiger partial charge in [0.2, 0.25) is 5.89 Å². The summed E-state index contributed by atoms with van der Waals surface area (Å²) in [5.74, 6) is 0.499. The van der Waals surface area contributed by atoms with Gasteiger partial charge in [0.15, 0.2) is 0 Å². The van der Waals surface area contributed by atoms with Crippen molar-refractivity contribution in [2.75, 3.05) is 13.1 Å². The van der Waals surface area contributed by atoms with Crippen LogP contribution in [-0.2, 0) is 5.41 Å². The highest BCUT2D eigenvalue weighted by molar-refractivity contribution is 5.90. The van der Waals surface area contributed by atoms with Gasteiger partial charge in [0, 0.05) is 12.6 Å². The Labute approximate surface area is 106 Å². The molecule has 1 atom stereocenters. The van der Waals surface area contributed by atoms with Gasteiger partial charge in [-0.1, -0.05) is 5.16 Å². The lowest BCUT2D eigenvalue weighted by molar-refractivity contribution is 0.0937. The molecule has 6 heteroatoms. The van der Waals surface area contributed by atoms with E-state index >= 15 is 0 Å². The normalized spacial score (nSPS) is 28.1. The Kier molecular flexibility index (Phi) is 2.81. The quantitative estimate of drug-likeness (QED) is 0.821. The first kappa shape index (κ1) is 11.6. The van der Waals surface area contributed by atoms with E-state index in [2.05, 4.69) is 27.7 Å². The number of carbonyl (C=O) groups excluding carboxylic acids is 1. The van der Waals surface area contributed by atoms with Crippen LogP contribution < -0.4 is 10.6 Å². The molecular weight excluding hydrogens is 232 g/mol. The molecule has 1 aliphatic heterocycles. The molecule has 1 unspecified atom stereocenters. The minimum absolute atomic E-state index is 0.149. The van der Waals surface area contributed by atoms with Gasteiger partial charge in [0.1, 0.15) is 0 Å². The molecule has 2 N–H and O–H groups in total. The van der Waals surface area contributed by atoms with E-state index < -0.39 is 0 Å². The van der Waals surface area contributed by atoms with E-state index in [1.165, 1.54) is 0 Å². The zero-order valence-electron chi connectivity index (χ0n) is 10.5. The average molecular weight is 250 g/mol. The van der Waals surface area contributed by atoms with Crippen molar-refractivity contribution in [2.45, 2.75) is 44.1 Å². The standard InChI is InChI=1S/C12H18N4O2/c1-12(5-2-6-13-7-12)11-15-9(16-18-11)10(17)14-8-3-4-8/h8,13H,2-7H2,1H3,(H,14,17). The summed E-state index contributed by atoms with van der Waals surface area (Å²) in [6.07, 6.45) is 4.20. The van der Waals surface area contributed by atoms with Gasteiger partial charge in [-0.05, 0) is 39.2 Å². The fourth-order valence-electron chi connectivity index (χ4n) is 2.28. The zero-order valence-corrected chi connectivity index (χ0v) is 10.5. The number of rotatable bonds is 3. The summed E-state index contributed by atoms with van der Waals surface area (Å²) < 4.78 is 5.27. The van der Waals surface area contributed by atoms with Crippen molar-refractivity contribution in [3.8, 4) is 0 Å². The number of amides is 1. The second-order valence-electron chi connectivity index (χ2n) is 5.51. The van der Waals surface area contributed by atoms with Gasteiger partial charge in [0.05, 0.1) is 5.41 Å². The largest absolute Gasteiger partial charge is 0.346 e. The van der Waals surface area contributed by atoms with Crippen LogP contribution in [0.2, 0.25) is 0 Å². The molecule has 0 radical (unpaired) electrons. The lowest BCUT2D eigenvalue weighted by Gasteiger charge is -2.30. The highest BCUT2D eigenvalue weighted by Crippen LogP contribution is 2.29. The number of piperidine rings is 1. The summed E-state index contributed by atoms with van der Waals surface area (Å²) in [5.41, 5.74) is -0.149. The van der Waals surface area contributed by atoms with Crippen LogP contribution in [0, 0.1) is 0 Å². The second-order valence-corrected chi connectivity index (χ2v) is 5.51. The van der Waals surface area contributed by atoms with E-state index in [0.29, 0.717) is 11.9 Å². The number of nitrogens with zero attached hydrogens (tertiary/aromatic N) is 2. The highest BCUT2D eigenvalue weighted by atomic mass is 16.5. The van der Waals surface area contributed by atoms with Crippen LogP contribution in [0.4, 0.5) is 0 Å². The van der Waals surface area contributed by atoms with E-state index in [0.717, 1.165) is 38.8 Å². The third kappa shape index (κ3) is 2.25. The van der Waals surface area contributed by atoms with Gasteiger partial charge in [-0.15, -0.1) is 0 Å². The first-order chi connectivity index (χ1) is 8.67. The summed E-state index contributed by atoms with van der Waals surface area (Å²) in [5, 5.41) is 9.98. The van der Waals surface area contributed by atoms with Crippen molar-refractivity contribution in [3.63, 3.8) is 0 Å². The predicted octanol–water partition coefficient (Wildman–Crippen LogP) is 0.603. The van der Waals surface area contributed by atoms with Crippen LogP contribution in [0.15, 0.2) is 4.52 Å². The summed E-state index contributed by atoms with van der Waals surface area (Å²) in [4.78, 5) is 16.0. The number of hydrogen-bond donors (Lipinski definition) is 2. The third-order valence-electron chi connectivity index (χ3n) is 3.66. The molecule has 6 nitrogen and oxygen atoms in total. The Morgan fingerprint density at radius 2 is 2.39 bits per heavy atom. The van der Waals surface area contributed by atoms with Crippen LogP contribution >= 0.6 is 0 Å². The minimum Gasteiger partial charge on any atom is -0.346 e. The molecule has 2 fully saturated rings. The van der Waals surface area contributed by atoms with Crippen LogP contribution in [0.5, 0.6) is 0 Å². The lowest BCUT2D eigenvalue weighted by Crippen LogP contribution is -2.41. The fourth-order valence-corrected chi connectivity index (χ4v) is 2.28. The molecule has 18 heavy (non-hydrogen) atoms. The van der Waals surface area contributed by atoms with Gasteiger partial charge in [-0.2, -0.15) is 4.98 Å². The smallest absolute Gasteiger partial charge is 0.292 e. The van der Waals surface area contributed by atoms with E-state index in [9.17, 15) is 4.79 Å². The first-order valence-corrected chi connectivity index (χ1v) is 6.53. The zero-order chi connectivity index (χ0) is 12.6. The molecular formula is C12H18N4O2. The van der Waals surface area contributed by atoms with Crippen LogP contribution in [0.25, 0.3) is 0 Å². The van der Waals surface area contributed by atoms with Crippen LogP contribution in [-0.4, -0.2) is 35.2 Å². The molecule has 1 amide bonds. The topological polar surface area (TPSA) is 80.1 Å². The molecule has 1 aromatic rings. The minimum atomic E-state index is -0.222. The molecule has 0 bridgehead atoms. The molecule has 2 aliphatic rings. The molecule has 1 saturated heterocycles. The van der Waals surface area contributed by atoms with Crippen molar-refractivity contribution >= 4 is 5.91 Å². The molecule has 3 rings (SSSR count). The predicted molar refractivity (Wildman–Crippen MR) is 64.2 cm³/mol. The molecule has 2 heterocycles. The van der Waals surface area contributed by atoms with Gasteiger partial charge < -0.3 is 15.2 Å². The SMILES string of the molecule is CC1(c2nc(C(=O)NC3CC3)no2)CCCNC1. The molecule has 1 aromatic heterocycles. The molecule has 1 aliphatic carbocycles. The van der Waals surface area contributed by atoms with E-state index in [-0.39, 0.29) is 17.1 Å². The van der Waals surface area contributed by atoms with Crippen LogP contribution in [0.1, 0.15) is 49.1 Å². The number of carbonyl (C=O) groups is 1. The highest BCUT2D eigenvalue weighted by Gasteiger charge is 2.35. The Bertz CT molecular complexity index is 447. The summed E-state index contributed by atoms with van der Waals surface area (Å²) in [7, 11) is 0. The van der Waals surface area contributed by atoms with Crippen molar-refractivity contribution in [3.05, 3.63) is 11.7 Å². The average Bonchev–Trinajstić information content (AvgIpc) is 3.03. The molecule has 0 aromatic carbocycles. The number of hydrogen-bond acceptors (Lipinski definition) is 5. The Balaban J connectivity index is 1.73. The number of aromatic nitrogens is 2. The van der Waals surface area contributed by atoms with Crippen molar-refractivity contribution in [1.82, 2.24) is 20.8 Å². The summed E-state index contributed by atoms with van der Waals surface area (Å²) in [6.45, 7) is 3.94. The van der Waals surface area contributed by atoms with E-state index in [1.54, 1.807) is 0 Å². The maximum Gasteiger partial charge on any atom is 0.292 e. The van der Waals surface area contributed by atoms with Gasteiger partial charge in [-0.25, -0.2) is 0 Å². The summed E-state index contributed by atoms with van der Waals surface area (Å²) >= 11 is 0. The summed E-state index contributed by atoms with van der Waals surface area (Å²) in [6, 6.07) is 0.311. The molecule has 1 saturated carbocycles. The fraction of sp³-hybridized carbons (Fsp3) is 0.750. The second kappa shape index (κ2) is 4.35. The maximum absolute atomic E-state index is 11.8. The third-order valence-corrected chi connectivity index (χ3v) is 3.66. The number of nitrogens with one attached hydrogen (secondary N) is 2. The molecule has 0 spiro atoms. The van der Waals surface area contributed by atoms with E-state index in [1.807, 2.05) is 0 Å². The maximum atomic E-state index is 11.8. The van der Waals surface area contributed by atoms with Gasteiger partial charge in [0.25, 0.3) is 11.7 Å². The molecule has 98 valence electrons. The van der Waals surface area contributed by atoms with Crippen molar-refractivity contribution in [2.24, 2.45) is 0 Å². The Morgan fingerprint density at radius 1 is 1.56 bits per heavy atom. The van der Waals surface area contributed by atoms with Gasteiger partial charge in [-0.3, -0.25) is 4.79 Å². The van der Waals surface area contributed by atoms with Crippen molar-refractivity contribution in [1.29, 1.82) is 0 Å². The first-order valence-electron chi connectivity index (χ1n) is 6.53. The Morgan fingerprint density at radius 3 is 3.06 bits per heavy atom. The van der Waals surface area contributed by atoms with Crippen LogP contribution in [0.3, 0.4) is 0 Å². The Hall–Kier alpha value is -1.43.